The molecule has 0 aromatic heterocycles. The predicted molar refractivity (Wildman–Crippen MR) is 87.3 cm³/mol. The van der Waals surface area contributed by atoms with Crippen molar-refractivity contribution >= 4 is 5.97 Å². The van der Waals surface area contributed by atoms with E-state index in [0.29, 0.717) is 6.42 Å². The van der Waals surface area contributed by atoms with Crippen molar-refractivity contribution in [2.24, 2.45) is 23.7 Å². The monoisotopic (exact) mass is 294 g/mol. The van der Waals surface area contributed by atoms with Crippen LogP contribution in [0.4, 0.5) is 0 Å². The lowest BCUT2D eigenvalue weighted by Crippen LogP contribution is -2.25. The van der Waals surface area contributed by atoms with Crippen LogP contribution in [0.25, 0.3) is 0 Å². The van der Waals surface area contributed by atoms with E-state index in [-0.39, 0.29) is 0 Å². The van der Waals surface area contributed by atoms with E-state index in [1.165, 1.54) is 64.2 Å². The smallest absolute Gasteiger partial charge is 0.303 e. The van der Waals surface area contributed by atoms with E-state index in [1.54, 1.807) is 0 Å². The molecule has 0 aromatic carbocycles. The van der Waals surface area contributed by atoms with Gasteiger partial charge in [0.25, 0.3) is 0 Å². The molecule has 0 bridgehead atoms. The van der Waals surface area contributed by atoms with Crippen molar-refractivity contribution in [1.29, 1.82) is 0 Å². The highest BCUT2D eigenvalue weighted by atomic mass is 16.4. The summed E-state index contributed by atoms with van der Waals surface area (Å²) in [7, 11) is 0. The van der Waals surface area contributed by atoms with Crippen molar-refractivity contribution in [3.05, 3.63) is 0 Å². The topological polar surface area (TPSA) is 37.3 Å². The summed E-state index contributed by atoms with van der Waals surface area (Å²) < 4.78 is 0. The quantitative estimate of drug-likeness (QED) is 0.658. The Morgan fingerprint density at radius 1 is 0.857 bits per heavy atom. The molecular formula is C19H34O2. The number of hydrogen-bond donors (Lipinski definition) is 1. The van der Waals surface area contributed by atoms with Crippen LogP contribution in [0, 0.1) is 23.7 Å². The Hall–Kier alpha value is -0.530. The molecule has 0 atom stereocenters. The fourth-order valence-corrected chi connectivity index (χ4v) is 4.85. The molecule has 21 heavy (non-hydrogen) atoms. The predicted octanol–water partition coefficient (Wildman–Crippen LogP) is 5.65. The maximum absolute atomic E-state index is 10.6. The lowest BCUT2D eigenvalue weighted by molar-refractivity contribution is -0.137. The molecule has 2 aliphatic rings. The van der Waals surface area contributed by atoms with Crippen LogP contribution in [-0.4, -0.2) is 11.1 Å². The Morgan fingerprint density at radius 2 is 1.33 bits per heavy atom. The van der Waals surface area contributed by atoms with Crippen molar-refractivity contribution in [3.8, 4) is 0 Å². The largest absolute Gasteiger partial charge is 0.481 e. The second-order valence-electron chi connectivity index (χ2n) is 7.64. The van der Waals surface area contributed by atoms with Crippen molar-refractivity contribution in [2.75, 3.05) is 0 Å². The van der Waals surface area contributed by atoms with Gasteiger partial charge in [0.15, 0.2) is 0 Å². The van der Waals surface area contributed by atoms with Gasteiger partial charge in [-0.25, -0.2) is 0 Å². The van der Waals surface area contributed by atoms with Gasteiger partial charge in [0.2, 0.25) is 0 Å². The molecule has 122 valence electrons. The van der Waals surface area contributed by atoms with Crippen molar-refractivity contribution in [2.45, 2.75) is 90.4 Å². The van der Waals surface area contributed by atoms with Gasteiger partial charge in [-0.3, -0.25) is 4.79 Å². The molecule has 0 amide bonds. The number of carboxylic acids is 1. The molecule has 1 N–H and O–H groups in total. The summed E-state index contributed by atoms with van der Waals surface area (Å²) in [4.78, 5) is 10.6. The van der Waals surface area contributed by atoms with E-state index in [0.717, 1.165) is 36.5 Å². The van der Waals surface area contributed by atoms with Gasteiger partial charge < -0.3 is 5.11 Å². The summed E-state index contributed by atoms with van der Waals surface area (Å²) in [5.74, 6) is 3.21. The molecule has 0 heterocycles. The van der Waals surface area contributed by atoms with Gasteiger partial charge in [-0.15, -0.1) is 0 Å². The summed E-state index contributed by atoms with van der Waals surface area (Å²) in [6, 6.07) is 0. The SMILES string of the molecule is CCCC1CCC(C2CCC(CCCC(=O)O)CC2)CC1. The molecular weight excluding hydrogens is 260 g/mol. The fourth-order valence-electron chi connectivity index (χ4n) is 4.85. The van der Waals surface area contributed by atoms with Gasteiger partial charge >= 0.3 is 5.97 Å². The van der Waals surface area contributed by atoms with Crippen LogP contribution in [0.1, 0.15) is 90.4 Å². The molecule has 0 radical (unpaired) electrons. The molecule has 2 nitrogen and oxygen atoms in total. The summed E-state index contributed by atoms with van der Waals surface area (Å²) in [6.07, 6.45) is 16.7. The zero-order valence-electron chi connectivity index (χ0n) is 13.9. The van der Waals surface area contributed by atoms with E-state index in [9.17, 15) is 4.79 Å². The normalized spacial score (nSPS) is 33.8. The molecule has 0 aliphatic heterocycles. The maximum Gasteiger partial charge on any atom is 0.303 e. The number of rotatable bonds is 7. The van der Waals surface area contributed by atoms with Gasteiger partial charge in [-0.2, -0.15) is 0 Å². The third-order valence-corrected chi connectivity index (χ3v) is 6.15. The highest BCUT2D eigenvalue weighted by Crippen LogP contribution is 2.42. The molecule has 2 heteroatoms. The second kappa shape index (κ2) is 8.80. The van der Waals surface area contributed by atoms with Gasteiger partial charge in [-0.05, 0) is 62.2 Å². The van der Waals surface area contributed by atoms with Crippen LogP contribution in [-0.2, 0) is 4.79 Å². The summed E-state index contributed by atoms with van der Waals surface area (Å²) in [6.45, 7) is 2.32. The second-order valence-corrected chi connectivity index (χ2v) is 7.64. The third kappa shape index (κ3) is 5.64. The lowest BCUT2D eigenvalue weighted by atomic mass is 9.68. The molecule has 2 aliphatic carbocycles. The zero-order chi connectivity index (χ0) is 15.1. The first kappa shape index (κ1) is 16.8. The highest BCUT2D eigenvalue weighted by molar-refractivity contribution is 5.66. The highest BCUT2D eigenvalue weighted by Gasteiger charge is 2.30. The van der Waals surface area contributed by atoms with Crippen molar-refractivity contribution < 1.29 is 9.90 Å². The van der Waals surface area contributed by atoms with Crippen LogP contribution >= 0.6 is 0 Å². The van der Waals surface area contributed by atoms with Crippen LogP contribution in [0.5, 0.6) is 0 Å². The number of carbonyl (C=O) groups is 1. The molecule has 0 aromatic rings. The third-order valence-electron chi connectivity index (χ3n) is 6.15. The van der Waals surface area contributed by atoms with Crippen LogP contribution < -0.4 is 0 Å². The van der Waals surface area contributed by atoms with Gasteiger partial charge in [0, 0.05) is 6.42 Å². The van der Waals surface area contributed by atoms with E-state index < -0.39 is 5.97 Å². The summed E-state index contributed by atoms with van der Waals surface area (Å²) in [5, 5.41) is 8.71. The van der Waals surface area contributed by atoms with Gasteiger partial charge in [0.1, 0.15) is 0 Å². The van der Waals surface area contributed by atoms with Crippen molar-refractivity contribution in [1.82, 2.24) is 0 Å². The Kier molecular flexibility index (Phi) is 7.06. The number of hydrogen-bond acceptors (Lipinski definition) is 1. The first-order chi connectivity index (χ1) is 10.2. The molecule has 2 fully saturated rings. The summed E-state index contributed by atoms with van der Waals surface area (Å²) >= 11 is 0. The molecule has 2 rings (SSSR count). The molecule has 2 saturated carbocycles. The molecule has 0 unspecified atom stereocenters. The van der Waals surface area contributed by atoms with Crippen molar-refractivity contribution in [3.63, 3.8) is 0 Å². The fraction of sp³-hybridized carbons (Fsp3) is 0.947. The summed E-state index contributed by atoms with van der Waals surface area (Å²) in [5.41, 5.74) is 0. The van der Waals surface area contributed by atoms with E-state index in [4.69, 9.17) is 5.11 Å². The first-order valence-corrected chi connectivity index (χ1v) is 9.40. The van der Waals surface area contributed by atoms with Crippen LogP contribution in [0.2, 0.25) is 0 Å². The Bertz CT molecular complexity index is 297. The van der Waals surface area contributed by atoms with Gasteiger partial charge in [0.05, 0.1) is 0 Å². The average molecular weight is 294 g/mol. The lowest BCUT2D eigenvalue weighted by Gasteiger charge is -2.38. The van der Waals surface area contributed by atoms with E-state index in [2.05, 4.69) is 6.92 Å². The number of aliphatic carboxylic acids is 1. The number of carboxylic acid groups (broad SMARTS) is 1. The first-order valence-electron chi connectivity index (χ1n) is 9.40. The maximum atomic E-state index is 10.6. The van der Waals surface area contributed by atoms with Crippen LogP contribution in [0.3, 0.4) is 0 Å². The van der Waals surface area contributed by atoms with E-state index >= 15 is 0 Å². The van der Waals surface area contributed by atoms with Crippen LogP contribution in [0.15, 0.2) is 0 Å². The average Bonchev–Trinajstić information content (AvgIpc) is 2.49. The Morgan fingerprint density at radius 3 is 1.76 bits per heavy atom. The Labute approximate surface area is 130 Å². The van der Waals surface area contributed by atoms with E-state index in [1.807, 2.05) is 0 Å². The molecule has 0 spiro atoms. The zero-order valence-corrected chi connectivity index (χ0v) is 13.9. The minimum absolute atomic E-state index is 0.362. The van der Waals surface area contributed by atoms with Gasteiger partial charge in [-0.1, -0.05) is 45.4 Å². The Balaban J connectivity index is 1.62. The molecule has 0 saturated heterocycles. The minimum Gasteiger partial charge on any atom is -0.481 e. The standard InChI is InChI=1S/C19H34O2/c1-2-4-15-7-11-17(12-8-15)18-13-9-16(10-14-18)5-3-6-19(20)21/h15-18H,2-14H2,1H3,(H,20,21). The minimum atomic E-state index is -0.632.